The lowest BCUT2D eigenvalue weighted by atomic mass is 10.0. The van der Waals surface area contributed by atoms with Crippen molar-refractivity contribution in [3.8, 4) is 0 Å². The minimum absolute atomic E-state index is 0.0890. The molecule has 1 rings (SSSR count). The van der Waals surface area contributed by atoms with Crippen LogP contribution in [0.5, 0.6) is 0 Å². The van der Waals surface area contributed by atoms with Crippen LogP contribution in [0.15, 0.2) is 12.1 Å². The summed E-state index contributed by atoms with van der Waals surface area (Å²) in [5.74, 6) is -2.24. The van der Waals surface area contributed by atoms with Gasteiger partial charge in [0.1, 0.15) is 11.6 Å². The molecule has 1 aromatic rings. The van der Waals surface area contributed by atoms with E-state index in [1.807, 2.05) is 0 Å². The van der Waals surface area contributed by atoms with E-state index in [0.29, 0.717) is 0 Å². The quantitative estimate of drug-likeness (QED) is 0.836. The Morgan fingerprint density at radius 2 is 2.00 bits per heavy atom. The molecule has 0 spiro atoms. The highest BCUT2D eigenvalue weighted by Crippen LogP contribution is 2.24. The molecule has 5 heteroatoms. The Balaban J connectivity index is 2.71. The van der Waals surface area contributed by atoms with Gasteiger partial charge in [-0.2, -0.15) is 0 Å². The molecule has 0 aliphatic rings. The lowest BCUT2D eigenvalue weighted by Crippen LogP contribution is -2.04. The summed E-state index contributed by atoms with van der Waals surface area (Å²) in [7, 11) is 0. The fourth-order valence-electron chi connectivity index (χ4n) is 1.52. The van der Waals surface area contributed by atoms with Gasteiger partial charge in [0.05, 0.1) is 6.10 Å². The van der Waals surface area contributed by atoms with Crippen molar-refractivity contribution < 1.29 is 23.8 Å². The molecule has 94 valence electrons. The predicted octanol–water partition coefficient (Wildman–Crippen LogP) is 2.56. The zero-order chi connectivity index (χ0) is 13.0. The van der Waals surface area contributed by atoms with Crippen molar-refractivity contribution in [3.05, 3.63) is 34.9 Å². The van der Waals surface area contributed by atoms with E-state index in [9.17, 15) is 18.7 Å². The third-order valence-electron chi connectivity index (χ3n) is 2.51. The van der Waals surface area contributed by atoms with Gasteiger partial charge in [0, 0.05) is 12.0 Å². The molecule has 1 aromatic carbocycles. The van der Waals surface area contributed by atoms with Crippen LogP contribution in [0.25, 0.3) is 0 Å². The average Bonchev–Trinajstić information content (AvgIpc) is 2.22. The number of aliphatic carboxylic acids is 1. The normalized spacial score (nSPS) is 12.5. The maximum atomic E-state index is 13.4. The van der Waals surface area contributed by atoms with Gasteiger partial charge in [0.25, 0.3) is 0 Å². The molecule has 0 aliphatic carbocycles. The molecular formula is C12H14F2O3. The second-order valence-electron chi connectivity index (χ2n) is 3.92. The van der Waals surface area contributed by atoms with Crippen molar-refractivity contribution >= 4 is 5.97 Å². The Morgan fingerprint density at radius 3 is 2.59 bits per heavy atom. The Bertz CT molecular complexity index is 418. The molecule has 0 saturated heterocycles. The number of rotatable bonds is 5. The number of aliphatic hydroxyl groups is 1. The molecule has 17 heavy (non-hydrogen) atoms. The molecule has 1 unspecified atom stereocenters. The number of carbonyl (C=O) groups is 1. The van der Waals surface area contributed by atoms with E-state index in [-0.39, 0.29) is 30.4 Å². The smallest absolute Gasteiger partial charge is 0.303 e. The topological polar surface area (TPSA) is 57.5 Å². The number of aryl methyl sites for hydroxylation is 1. The van der Waals surface area contributed by atoms with Crippen LogP contribution in [-0.2, 0) is 4.79 Å². The fourth-order valence-corrected chi connectivity index (χ4v) is 1.52. The van der Waals surface area contributed by atoms with Crippen molar-refractivity contribution in [2.75, 3.05) is 0 Å². The van der Waals surface area contributed by atoms with Crippen molar-refractivity contribution in [3.63, 3.8) is 0 Å². The van der Waals surface area contributed by atoms with Gasteiger partial charge in [0.15, 0.2) is 0 Å². The number of hydrogen-bond acceptors (Lipinski definition) is 2. The summed E-state index contributed by atoms with van der Waals surface area (Å²) >= 11 is 0. The first-order chi connectivity index (χ1) is 7.91. The first-order valence-electron chi connectivity index (χ1n) is 5.27. The molecule has 0 bridgehead atoms. The Kier molecular flexibility index (Phi) is 4.57. The van der Waals surface area contributed by atoms with Crippen LogP contribution < -0.4 is 0 Å². The van der Waals surface area contributed by atoms with Gasteiger partial charge in [-0.15, -0.1) is 0 Å². The molecule has 1 atom stereocenters. The SMILES string of the molecule is Cc1cc(F)c(C(O)CCCC(=O)O)cc1F. The van der Waals surface area contributed by atoms with E-state index < -0.39 is 23.7 Å². The van der Waals surface area contributed by atoms with Crippen LogP contribution in [0.2, 0.25) is 0 Å². The third-order valence-corrected chi connectivity index (χ3v) is 2.51. The number of carboxylic acids is 1. The molecule has 3 nitrogen and oxygen atoms in total. The monoisotopic (exact) mass is 244 g/mol. The molecule has 0 aromatic heterocycles. The largest absolute Gasteiger partial charge is 0.481 e. The van der Waals surface area contributed by atoms with E-state index in [4.69, 9.17) is 5.11 Å². The minimum atomic E-state index is -1.18. The van der Waals surface area contributed by atoms with Crippen LogP contribution in [0.3, 0.4) is 0 Å². The lowest BCUT2D eigenvalue weighted by Gasteiger charge is -2.12. The summed E-state index contributed by atoms with van der Waals surface area (Å²) < 4.78 is 26.6. The standard InChI is InChI=1S/C12H14F2O3/c1-7-5-10(14)8(6-9(7)13)11(15)3-2-4-12(16)17/h5-6,11,15H,2-4H2,1H3,(H,16,17). The Hall–Kier alpha value is -1.49. The second kappa shape index (κ2) is 5.72. The van der Waals surface area contributed by atoms with Crippen molar-refractivity contribution in [2.45, 2.75) is 32.3 Å². The maximum Gasteiger partial charge on any atom is 0.303 e. The van der Waals surface area contributed by atoms with E-state index in [2.05, 4.69) is 0 Å². The van der Waals surface area contributed by atoms with Gasteiger partial charge in [-0.1, -0.05) is 0 Å². The molecular weight excluding hydrogens is 230 g/mol. The van der Waals surface area contributed by atoms with E-state index in [1.54, 1.807) is 0 Å². The van der Waals surface area contributed by atoms with Crippen LogP contribution in [0.1, 0.15) is 36.5 Å². The number of aliphatic hydroxyl groups excluding tert-OH is 1. The third kappa shape index (κ3) is 3.78. The Labute approximate surface area is 97.7 Å². The Morgan fingerprint density at radius 1 is 1.35 bits per heavy atom. The zero-order valence-corrected chi connectivity index (χ0v) is 9.41. The van der Waals surface area contributed by atoms with Crippen LogP contribution in [-0.4, -0.2) is 16.2 Å². The summed E-state index contributed by atoms with van der Waals surface area (Å²) in [6.07, 6.45) is -0.978. The molecule has 0 radical (unpaired) electrons. The summed E-state index contributed by atoms with van der Waals surface area (Å²) in [5.41, 5.74) is 0.0440. The highest BCUT2D eigenvalue weighted by molar-refractivity contribution is 5.66. The van der Waals surface area contributed by atoms with Gasteiger partial charge in [-0.05, 0) is 37.5 Å². The molecule has 0 heterocycles. The molecule has 0 aliphatic heterocycles. The van der Waals surface area contributed by atoms with E-state index >= 15 is 0 Å². The lowest BCUT2D eigenvalue weighted by molar-refractivity contribution is -0.137. The van der Waals surface area contributed by atoms with Crippen LogP contribution in [0, 0.1) is 18.6 Å². The van der Waals surface area contributed by atoms with Gasteiger partial charge >= 0.3 is 5.97 Å². The predicted molar refractivity (Wildman–Crippen MR) is 57.5 cm³/mol. The highest BCUT2D eigenvalue weighted by Gasteiger charge is 2.15. The van der Waals surface area contributed by atoms with Crippen LogP contribution >= 0.6 is 0 Å². The molecule has 2 N–H and O–H groups in total. The fraction of sp³-hybridized carbons (Fsp3) is 0.417. The van der Waals surface area contributed by atoms with Crippen LogP contribution in [0.4, 0.5) is 8.78 Å². The number of benzene rings is 1. The van der Waals surface area contributed by atoms with Crippen molar-refractivity contribution in [1.29, 1.82) is 0 Å². The summed E-state index contributed by atoms with van der Waals surface area (Å²) in [6.45, 7) is 1.43. The molecule has 0 fully saturated rings. The average molecular weight is 244 g/mol. The number of halogens is 2. The van der Waals surface area contributed by atoms with Gasteiger partial charge in [-0.25, -0.2) is 8.78 Å². The number of carboxylic acid groups (broad SMARTS) is 1. The highest BCUT2D eigenvalue weighted by atomic mass is 19.1. The summed E-state index contributed by atoms with van der Waals surface area (Å²) in [5, 5.41) is 18.0. The van der Waals surface area contributed by atoms with Gasteiger partial charge in [0.2, 0.25) is 0 Å². The second-order valence-corrected chi connectivity index (χ2v) is 3.92. The minimum Gasteiger partial charge on any atom is -0.481 e. The van der Waals surface area contributed by atoms with Crippen molar-refractivity contribution in [2.24, 2.45) is 0 Å². The zero-order valence-electron chi connectivity index (χ0n) is 9.41. The molecule has 0 amide bonds. The number of hydrogen-bond donors (Lipinski definition) is 2. The van der Waals surface area contributed by atoms with Crippen molar-refractivity contribution in [1.82, 2.24) is 0 Å². The van der Waals surface area contributed by atoms with Gasteiger partial charge in [-0.3, -0.25) is 4.79 Å². The van der Waals surface area contributed by atoms with Gasteiger partial charge < -0.3 is 10.2 Å². The molecule has 0 saturated carbocycles. The van der Waals surface area contributed by atoms with E-state index in [0.717, 1.165) is 12.1 Å². The summed E-state index contributed by atoms with van der Waals surface area (Å²) in [4.78, 5) is 10.3. The summed E-state index contributed by atoms with van der Waals surface area (Å²) in [6, 6.07) is 1.97. The maximum absolute atomic E-state index is 13.4. The van der Waals surface area contributed by atoms with E-state index in [1.165, 1.54) is 6.92 Å². The first kappa shape index (κ1) is 13.6. The first-order valence-corrected chi connectivity index (χ1v) is 5.27.